The normalized spacial score (nSPS) is 12.7. The van der Waals surface area contributed by atoms with E-state index in [1.54, 1.807) is 0 Å². The summed E-state index contributed by atoms with van der Waals surface area (Å²) in [7, 11) is 0. The van der Waals surface area contributed by atoms with E-state index >= 15 is 0 Å². The maximum Gasteiger partial charge on any atom is 0.0914 e. The van der Waals surface area contributed by atoms with Crippen molar-refractivity contribution in [2.75, 3.05) is 11.0 Å². The highest BCUT2D eigenvalue weighted by atomic mass is 127. The topological polar surface area (TPSA) is 9.23 Å². The fraction of sp³-hybridized carbons (Fsp3) is 0.571. The molecule has 0 radical (unpaired) electrons. The summed E-state index contributed by atoms with van der Waals surface area (Å²) in [5.41, 5.74) is 2.62. The Morgan fingerprint density at radius 3 is 2.75 bits per heavy atom. The third kappa shape index (κ3) is 4.83. The molecule has 0 bridgehead atoms. The molecule has 1 rings (SSSR count). The van der Waals surface area contributed by atoms with Gasteiger partial charge in [0.1, 0.15) is 0 Å². The Balaban J connectivity index is 2.47. The van der Waals surface area contributed by atoms with Gasteiger partial charge in [0, 0.05) is 11.0 Å². The molecule has 1 aromatic rings. The van der Waals surface area contributed by atoms with Crippen molar-refractivity contribution >= 4 is 22.6 Å². The van der Waals surface area contributed by atoms with Crippen LogP contribution in [0.15, 0.2) is 24.3 Å². The maximum absolute atomic E-state index is 5.93. The van der Waals surface area contributed by atoms with Gasteiger partial charge in [0.15, 0.2) is 0 Å². The number of alkyl halides is 1. The molecule has 0 aliphatic heterocycles. The Morgan fingerprint density at radius 1 is 1.31 bits per heavy atom. The Morgan fingerprint density at radius 2 is 2.12 bits per heavy atom. The lowest BCUT2D eigenvalue weighted by Gasteiger charge is -2.16. The van der Waals surface area contributed by atoms with Gasteiger partial charge in [0.05, 0.1) is 6.10 Å². The summed E-state index contributed by atoms with van der Waals surface area (Å²) in [6.07, 6.45) is 3.96. The monoisotopic (exact) mass is 332 g/mol. The molecule has 0 saturated carbocycles. The minimum atomic E-state index is 0.261. The van der Waals surface area contributed by atoms with Crippen molar-refractivity contribution in [2.24, 2.45) is 0 Å². The summed E-state index contributed by atoms with van der Waals surface area (Å²) < 4.78 is 6.95. The second-order valence-corrected chi connectivity index (χ2v) is 5.02. The molecule has 16 heavy (non-hydrogen) atoms. The zero-order valence-electron chi connectivity index (χ0n) is 10.2. The molecular formula is C14H21IO. The highest BCUT2D eigenvalue weighted by Gasteiger charge is 2.09. The number of unbranched alkanes of at least 4 members (excludes halogenated alkanes) is 2. The third-order valence-corrected chi connectivity index (χ3v) is 3.42. The Bertz CT molecular complexity index is 299. The molecule has 1 nitrogen and oxygen atoms in total. The van der Waals surface area contributed by atoms with Crippen LogP contribution in [-0.2, 0) is 4.74 Å². The van der Waals surface area contributed by atoms with E-state index in [0.29, 0.717) is 0 Å². The molecule has 0 fully saturated rings. The number of rotatable bonds is 7. The minimum Gasteiger partial charge on any atom is -0.373 e. The summed E-state index contributed by atoms with van der Waals surface area (Å²) in [6.45, 7) is 5.23. The largest absolute Gasteiger partial charge is 0.373 e. The molecule has 0 heterocycles. The van der Waals surface area contributed by atoms with Crippen LogP contribution in [0.1, 0.15) is 43.4 Å². The van der Waals surface area contributed by atoms with Crippen LogP contribution in [0.4, 0.5) is 0 Å². The van der Waals surface area contributed by atoms with Gasteiger partial charge in [0.2, 0.25) is 0 Å². The van der Waals surface area contributed by atoms with Gasteiger partial charge in [-0.2, -0.15) is 0 Å². The van der Waals surface area contributed by atoms with E-state index < -0.39 is 0 Å². The number of ether oxygens (including phenoxy) is 1. The summed E-state index contributed by atoms with van der Waals surface area (Å²) in [4.78, 5) is 0. The predicted molar refractivity (Wildman–Crippen MR) is 78.3 cm³/mol. The summed E-state index contributed by atoms with van der Waals surface area (Å²) in [5.74, 6) is 0. The van der Waals surface area contributed by atoms with Gasteiger partial charge in [-0.25, -0.2) is 0 Å². The van der Waals surface area contributed by atoms with E-state index in [0.717, 1.165) is 11.0 Å². The van der Waals surface area contributed by atoms with Gasteiger partial charge >= 0.3 is 0 Å². The first-order valence-electron chi connectivity index (χ1n) is 6.02. The maximum atomic E-state index is 5.93. The Kier molecular flexibility index (Phi) is 7.05. The van der Waals surface area contributed by atoms with Crippen molar-refractivity contribution < 1.29 is 4.74 Å². The molecule has 0 aromatic heterocycles. The molecule has 0 aliphatic carbocycles. The van der Waals surface area contributed by atoms with Crippen LogP contribution in [0.2, 0.25) is 0 Å². The lowest BCUT2D eigenvalue weighted by atomic mass is 10.1. The van der Waals surface area contributed by atoms with Crippen LogP contribution >= 0.6 is 22.6 Å². The van der Waals surface area contributed by atoms with Crippen LogP contribution in [0, 0.1) is 6.92 Å². The SMILES string of the molecule is CCCCCOC(CI)c1cccc(C)c1. The predicted octanol–water partition coefficient (Wildman–Crippen LogP) is 4.68. The molecule has 0 amide bonds. The van der Waals surface area contributed by atoms with Gasteiger partial charge < -0.3 is 4.74 Å². The number of benzene rings is 1. The lowest BCUT2D eigenvalue weighted by molar-refractivity contribution is 0.0681. The molecular weight excluding hydrogens is 311 g/mol. The second-order valence-electron chi connectivity index (χ2n) is 4.13. The van der Waals surface area contributed by atoms with E-state index in [4.69, 9.17) is 4.74 Å². The minimum absolute atomic E-state index is 0.261. The van der Waals surface area contributed by atoms with Crippen LogP contribution in [0.3, 0.4) is 0 Å². The molecule has 0 N–H and O–H groups in total. The molecule has 1 aromatic carbocycles. The van der Waals surface area contributed by atoms with E-state index in [1.807, 2.05) is 0 Å². The van der Waals surface area contributed by atoms with Crippen LogP contribution in [0.25, 0.3) is 0 Å². The van der Waals surface area contributed by atoms with E-state index in [9.17, 15) is 0 Å². The summed E-state index contributed by atoms with van der Waals surface area (Å²) in [5, 5.41) is 0. The van der Waals surface area contributed by atoms with Gasteiger partial charge in [-0.15, -0.1) is 0 Å². The molecule has 1 atom stereocenters. The van der Waals surface area contributed by atoms with Crippen LogP contribution in [-0.4, -0.2) is 11.0 Å². The summed E-state index contributed by atoms with van der Waals surface area (Å²) >= 11 is 2.40. The Hall–Kier alpha value is -0.0900. The fourth-order valence-corrected chi connectivity index (χ4v) is 2.44. The van der Waals surface area contributed by atoms with Crippen molar-refractivity contribution in [3.63, 3.8) is 0 Å². The quantitative estimate of drug-likeness (QED) is 0.400. The van der Waals surface area contributed by atoms with E-state index in [2.05, 4.69) is 60.7 Å². The average molecular weight is 332 g/mol. The first-order chi connectivity index (χ1) is 7.77. The van der Waals surface area contributed by atoms with E-state index in [1.165, 1.54) is 30.4 Å². The van der Waals surface area contributed by atoms with Crippen molar-refractivity contribution in [2.45, 2.75) is 39.2 Å². The smallest absolute Gasteiger partial charge is 0.0914 e. The molecule has 2 heteroatoms. The molecule has 0 saturated heterocycles. The first-order valence-corrected chi connectivity index (χ1v) is 7.54. The average Bonchev–Trinajstić information content (AvgIpc) is 2.29. The molecule has 0 aliphatic rings. The van der Waals surface area contributed by atoms with Crippen LogP contribution in [0.5, 0.6) is 0 Å². The number of hydrogen-bond donors (Lipinski definition) is 0. The van der Waals surface area contributed by atoms with Gasteiger partial charge in [0.25, 0.3) is 0 Å². The molecule has 0 spiro atoms. The van der Waals surface area contributed by atoms with Crippen molar-refractivity contribution in [1.82, 2.24) is 0 Å². The van der Waals surface area contributed by atoms with E-state index in [-0.39, 0.29) is 6.10 Å². The fourth-order valence-electron chi connectivity index (χ4n) is 1.68. The number of aryl methyl sites for hydroxylation is 1. The highest BCUT2D eigenvalue weighted by molar-refractivity contribution is 14.1. The molecule has 90 valence electrons. The zero-order valence-corrected chi connectivity index (χ0v) is 12.4. The van der Waals surface area contributed by atoms with Crippen LogP contribution < -0.4 is 0 Å². The van der Waals surface area contributed by atoms with Gasteiger partial charge in [-0.3, -0.25) is 0 Å². The van der Waals surface area contributed by atoms with Gasteiger partial charge in [-0.05, 0) is 18.9 Å². The zero-order chi connectivity index (χ0) is 11.8. The highest BCUT2D eigenvalue weighted by Crippen LogP contribution is 2.21. The second kappa shape index (κ2) is 8.07. The Labute approximate surface area is 113 Å². The van der Waals surface area contributed by atoms with Crippen molar-refractivity contribution in [3.8, 4) is 0 Å². The van der Waals surface area contributed by atoms with Crippen molar-refractivity contribution in [3.05, 3.63) is 35.4 Å². The standard InChI is InChI=1S/C14H21IO/c1-3-4-5-9-16-14(11-15)13-8-6-7-12(2)10-13/h6-8,10,14H,3-5,9,11H2,1-2H3. The molecule has 1 unspecified atom stereocenters. The summed E-state index contributed by atoms with van der Waals surface area (Å²) in [6, 6.07) is 8.63. The number of halogens is 1. The number of hydrogen-bond acceptors (Lipinski definition) is 1. The first kappa shape index (κ1) is 14.0. The lowest BCUT2D eigenvalue weighted by Crippen LogP contribution is -2.07. The van der Waals surface area contributed by atoms with Crippen molar-refractivity contribution in [1.29, 1.82) is 0 Å². The third-order valence-electron chi connectivity index (χ3n) is 2.62. The van der Waals surface area contributed by atoms with Gasteiger partial charge in [-0.1, -0.05) is 72.2 Å².